The summed E-state index contributed by atoms with van der Waals surface area (Å²) in [6.45, 7) is 3.80. The molecule has 2 heterocycles. The lowest BCUT2D eigenvalue weighted by Gasteiger charge is -2.35. The normalized spacial score (nSPS) is 20.4. The molecule has 0 spiro atoms. The topological polar surface area (TPSA) is 50.5 Å². The van der Waals surface area contributed by atoms with Crippen LogP contribution < -0.4 is 4.67 Å². The standard InChI is InChI=1S/C17H17N4OP/c1-3-16-19-17-18-14-11-7-8-12-15(14)21(17)23(2,22)20(16)13-9-5-4-6-10-13/h4-12H,3H2,1-2H3. The summed E-state index contributed by atoms with van der Waals surface area (Å²) in [7, 11) is -2.92. The molecule has 0 saturated carbocycles. The van der Waals surface area contributed by atoms with Gasteiger partial charge in [-0.3, -0.25) is 9.24 Å². The Hall–Kier alpha value is -2.39. The van der Waals surface area contributed by atoms with Gasteiger partial charge >= 0.3 is 0 Å². The lowest BCUT2D eigenvalue weighted by atomic mass is 10.3. The number of para-hydroxylation sites is 3. The van der Waals surface area contributed by atoms with E-state index in [9.17, 15) is 4.57 Å². The summed E-state index contributed by atoms with van der Waals surface area (Å²) in [6, 6.07) is 17.5. The fourth-order valence-corrected chi connectivity index (χ4v) is 5.41. The van der Waals surface area contributed by atoms with Crippen LogP contribution in [-0.2, 0) is 4.57 Å². The number of aliphatic imine (C=N–C) groups is 1. The molecule has 3 aromatic rings. The van der Waals surface area contributed by atoms with Gasteiger partial charge < -0.3 is 0 Å². The van der Waals surface area contributed by atoms with Gasteiger partial charge in [0.2, 0.25) is 5.95 Å². The predicted molar refractivity (Wildman–Crippen MR) is 95.0 cm³/mol. The van der Waals surface area contributed by atoms with Crippen LogP contribution in [0.15, 0.2) is 59.6 Å². The maximum Gasteiger partial charge on any atom is 0.272 e. The molecule has 1 aliphatic heterocycles. The highest BCUT2D eigenvalue weighted by Gasteiger charge is 2.38. The van der Waals surface area contributed by atoms with Crippen molar-refractivity contribution in [3.05, 3.63) is 54.6 Å². The zero-order valence-electron chi connectivity index (χ0n) is 13.0. The van der Waals surface area contributed by atoms with Crippen molar-refractivity contribution in [3.63, 3.8) is 0 Å². The van der Waals surface area contributed by atoms with Gasteiger partial charge in [0, 0.05) is 13.1 Å². The minimum absolute atomic E-state index is 0.529. The first kappa shape index (κ1) is 14.2. The molecule has 23 heavy (non-hydrogen) atoms. The van der Waals surface area contributed by atoms with E-state index >= 15 is 0 Å². The Morgan fingerprint density at radius 1 is 1.04 bits per heavy atom. The van der Waals surface area contributed by atoms with Crippen molar-refractivity contribution in [3.8, 4) is 0 Å². The van der Waals surface area contributed by atoms with Gasteiger partial charge in [-0.1, -0.05) is 37.3 Å². The second-order valence-corrected chi connectivity index (χ2v) is 8.05. The minimum atomic E-state index is -2.92. The molecular formula is C17H17N4OP. The third kappa shape index (κ3) is 2.04. The Balaban J connectivity index is 2.03. The second kappa shape index (κ2) is 5.07. The quantitative estimate of drug-likeness (QED) is 0.644. The van der Waals surface area contributed by atoms with Crippen LogP contribution in [-0.4, -0.2) is 21.8 Å². The third-order valence-corrected chi connectivity index (χ3v) is 6.39. The van der Waals surface area contributed by atoms with E-state index in [-0.39, 0.29) is 0 Å². The van der Waals surface area contributed by atoms with Crippen molar-refractivity contribution in [2.24, 2.45) is 4.99 Å². The number of amidine groups is 1. The maximum absolute atomic E-state index is 13.8. The summed E-state index contributed by atoms with van der Waals surface area (Å²) in [6.07, 6.45) is 0.690. The van der Waals surface area contributed by atoms with Gasteiger partial charge in [0.25, 0.3) is 7.44 Å². The van der Waals surface area contributed by atoms with Gasteiger partial charge in [-0.15, -0.1) is 0 Å². The van der Waals surface area contributed by atoms with Gasteiger partial charge in [-0.05, 0) is 24.3 Å². The number of benzene rings is 2. The van der Waals surface area contributed by atoms with Crippen LogP contribution in [0.1, 0.15) is 13.3 Å². The van der Waals surface area contributed by atoms with Crippen molar-refractivity contribution in [1.29, 1.82) is 0 Å². The number of fused-ring (bicyclic) bond motifs is 3. The van der Waals surface area contributed by atoms with Gasteiger partial charge in [0.05, 0.1) is 16.7 Å². The first-order chi connectivity index (χ1) is 11.1. The Bertz CT molecular complexity index is 961. The molecule has 0 aliphatic carbocycles. The SMILES string of the molecule is CCC1=Nc2nc3ccccc3n2P(C)(=O)N1c1ccccc1. The van der Waals surface area contributed by atoms with Crippen LogP contribution in [0.3, 0.4) is 0 Å². The summed E-state index contributed by atoms with van der Waals surface area (Å²) < 4.78 is 17.5. The molecule has 0 bridgehead atoms. The van der Waals surface area contributed by atoms with Crippen LogP contribution in [0.5, 0.6) is 0 Å². The van der Waals surface area contributed by atoms with Crippen LogP contribution in [0.4, 0.5) is 11.6 Å². The molecule has 0 radical (unpaired) electrons. The number of imidazole rings is 1. The zero-order valence-corrected chi connectivity index (χ0v) is 13.9. The molecule has 1 atom stereocenters. The summed E-state index contributed by atoms with van der Waals surface area (Å²) in [4.78, 5) is 9.23. The molecule has 116 valence electrons. The average Bonchev–Trinajstić information content (AvgIpc) is 2.94. The fourth-order valence-electron chi connectivity index (χ4n) is 3.07. The average molecular weight is 324 g/mol. The lowest BCUT2D eigenvalue weighted by molar-refractivity contribution is 0.573. The maximum atomic E-state index is 13.8. The second-order valence-electron chi connectivity index (χ2n) is 5.58. The Morgan fingerprint density at radius 2 is 1.74 bits per heavy atom. The van der Waals surface area contributed by atoms with Gasteiger partial charge in [0.1, 0.15) is 5.84 Å². The molecule has 5 nitrogen and oxygen atoms in total. The Kier molecular flexibility index (Phi) is 3.13. The van der Waals surface area contributed by atoms with Gasteiger partial charge in [0.15, 0.2) is 0 Å². The molecule has 1 aliphatic rings. The molecule has 6 heteroatoms. The number of nitrogens with zero attached hydrogens (tertiary/aromatic N) is 4. The summed E-state index contributed by atoms with van der Waals surface area (Å²) >= 11 is 0. The van der Waals surface area contributed by atoms with E-state index in [0.29, 0.717) is 12.4 Å². The number of hydrogen-bond donors (Lipinski definition) is 0. The third-order valence-electron chi connectivity index (χ3n) is 4.05. The molecule has 1 aromatic heterocycles. The van der Waals surface area contributed by atoms with Crippen LogP contribution in [0.25, 0.3) is 11.0 Å². The van der Waals surface area contributed by atoms with E-state index in [0.717, 1.165) is 22.6 Å². The molecule has 0 saturated heterocycles. The van der Waals surface area contributed by atoms with Gasteiger partial charge in [-0.2, -0.15) is 4.99 Å². The van der Waals surface area contributed by atoms with Crippen molar-refractivity contribution < 1.29 is 4.57 Å². The number of rotatable bonds is 2. The summed E-state index contributed by atoms with van der Waals surface area (Å²) in [5.41, 5.74) is 2.56. The van der Waals surface area contributed by atoms with E-state index in [1.807, 2.05) is 66.2 Å². The summed E-state index contributed by atoms with van der Waals surface area (Å²) in [5, 5.41) is 0. The molecule has 0 N–H and O–H groups in total. The molecule has 1 unspecified atom stereocenters. The van der Waals surface area contributed by atoms with E-state index < -0.39 is 7.44 Å². The first-order valence-electron chi connectivity index (χ1n) is 7.62. The van der Waals surface area contributed by atoms with E-state index in [1.54, 1.807) is 11.0 Å². The van der Waals surface area contributed by atoms with Crippen LogP contribution in [0, 0.1) is 0 Å². The number of anilines is 1. The molecular weight excluding hydrogens is 307 g/mol. The minimum Gasteiger partial charge on any atom is -0.275 e. The smallest absolute Gasteiger partial charge is 0.272 e. The predicted octanol–water partition coefficient (Wildman–Crippen LogP) is 4.67. The van der Waals surface area contributed by atoms with Crippen molar-refractivity contribution in [2.75, 3.05) is 11.3 Å². The fraction of sp³-hybridized carbons (Fsp3) is 0.176. The monoisotopic (exact) mass is 324 g/mol. The lowest BCUT2D eigenvalue weighted by Crippen LogP contribution is -2.32. The van der Waals surface area contributed by atoms with Crippen LogP contribution in [0.2, 0.25) is 0 Å². The first-order valence-corrected chi connectivity index (χ1v) is 9.68. The van der Waals surface area contributed by atoms with E-state index in [4.69, 9.17) is 0 Å². The zero-order chi connectivity index (χ0) is 16.0. The van der Waals surface area contributed by atoms with Crippen molar-refractivity contribution in [1.82, 2.24) is 9.32 Å². The highest BCUT2D eigenvalue weighted by Crippen LogP contribution is 2.56. The molecule has 2 aromatic carbocycles. The van der Waals surface area contributed by atoms with Gasteiger partial charge in [-0.25, -0.2) is 9.32 Å². The molecule has 0 amide bonds. The number of hydrogen-bond acceptors (Lipinski definition) is 3. The summed E-state index contributed by atoms with van der Waals surface area (Å²) in [5.74, 6) is 1.31. The van der Waals surface area contributed by atoms with E-state index in [2.05, 4.69) is 9.98 Å². The Morgan fingerprint density at radius 3 is 2.48 bits per heavy atom. The Labute approximate surface area is 134 Å². The van der Waals surface area contributed by atoms with Crippen molar-refractivity contribution in [2.45, 2.75) is 13.3 Å². The molecule has 4 rings (SSSR count). The largest absolute Gasteiger partial charge is 0.275 e. The highest BCUT2D eigenvalue weighted by molar-refractivity contribution is 7.64. The van der Waals surface area contributed by atoms with Crippen LogP contribution >= 0.6 is 7.44 Å². The molecule has 0 fully saturated rings. The van der Waals surface area contributed by atoms with E-state index in [1.165, 1.54) is 0 Å². The highest BCUT2D eigenvalue weighted by atomic mass is 31.2. The van der Waals surface area contributed by atoms with Crippen molar-refractivity contribution >= 4 is 35.9 Å². The number of aromatic nitrogens is 2.